The van der Waals surface area contributed by atoms with Gasteiger partial charge in [0.25, 0.3) is 0 Å². The van der Waals surface area contributed by atoms with Crippen LogP contribution in [0, 0.1) is 0 Å². The van der Waals surface area contributed by atoms with Crippen molar-refractivity contribution in [3.8, 4) is 5.88 Å². The molecule has 2 heterocycles. The second-order valence-corrected chi connectivity index (χ2v) is 3.52. The lowest BCUT2D eigenvalue weighted by molar-refractivity contribution is 0.209. The van der Waals surface area contributed by atoms with Crippen molar-refractivity contribution in [2.75, 3.05) is 12.4 Å². The summed E-state index contributed by atoms with van der Waals surface area (Å²) in [5.74, 6) is 0.383. The number of carboxylic acid groups (broad SMARTS) is 1. The lowest BCUT2D eigenvalue weighted by Crippen LogP contribution is -2.08. The number of nitrogens with zero attached hydrogens (tertiary/aromatic N) is 2. The first-order valence-electron chi connectivity index (χ1n) is 4.61. The summed E-state index contributed by atoms with van der Waals surface area (Å²) in [5.41, 5.74) is 1.14. The molecule has 0 bridgehead atoms. The summed E-state index contributed by atoms with van der Waals surface area (Å²) in [5, 5.41) is 11.0. The lowest BCUT2D eigenvalue weighted by Gasteiger charge is -2.06. The van der Waals surface area contributed by atoms with Crippen molar-refractivity contribution in [2.24, 2.45) is 0 Å². The van der Waals surface area contributed by atoms with Gasteiger partial charge in [0.1, 0.15) is 5.52 Å². The molecular formula is C10H8ClN3O3. The summed E-state index contributed by atoms with van der Waals surface area (Å²) in [4.78, 5) is 18.7. The molecule has 2 N–H and O–H groups in total. The highest BCUT2D eigenvalue weighted by Crippen LogP contribution is 2.29. The maximum Gasteiger partial charge on any atom is 0.409 e. The molecule has 0 fully saturated rings. The number of carbonyl (C=O) groups is 1. The average Bonchev–Trinajstić information content (AvgIpc) is 2.32. The number of anilines is 1. The van der Waals surface area contributed by atoms with E-state index in [0.717, 1.165) is 0 Å². The van der Waals surface area contributed by atoms with Crippen LogP contribution < -0.4 is 10.1 Å². The Bertz CT molecular complexity index is 588. The minimum atomic E-state index is -1.21. The monoisotopic (exact) mass is 253 g/mol. The standard InChI is InChI=1S/C10H8ClN3O3/c1-17-7-3-2-5-9(14-7)8(11)6(4-12-5)13-10(15)16/h2-4,13H,1H3,(H,15,16). The van der Waals surface area contributed by atoms with Gasteiger partial charge in [0.2, 0.25) is 5.88 Å². The first-order chi connectivity index (χ1) is 8.11. The van der Waals surface area contributed by atoms with E-state index in [0.29, 0.717) is 16.9 Å². The first kappa shape index (κ1) is 11.4. The molecule has 0 aromatic carbocycles. The second kappa shape index (κ2) is 4.42. The number of amides is 1. The molecule has 0 unspecified atom stereocenters. The first-order valence-corrected chi connectivity index (χ1v) is 4.99. The van der Waals surface area contributed by atoms with Crippen LogP contribution in [-0.2, 0) is 0 Å². The Balaban J connectivity index is 2.59. The zero-order valence-electron chi connectivity index (χ0n) is 8.77. The molecule has 0 saturated heterocycles. The third-order valence-corrected chi connectivity index (χ3v) is 2.46. The average molecular weight is 254 g/mol. The van der Waals surface area contributed by atoms with E-state index in [4.69, 9.17) is 21.4 Å². The second-order valence-electron chi connectivity index (χ2n) is 3.14. The van der Waals surface area contributed by atoms with E-state index in [1.54, 1.807) is 12.1 Å². The maximum absolute atomic E-state index is 10.5. The summed E-state index contributed by atoms with van der Waals surface area (Å²) >= 11 is 6.03. The Morgan fingerprint density at radius 2 is 2.29 bits per heavy atom. The SMILES string of the molecule is COc1ccc2ncc(NC(=O)O)c(Cl)c2n1. The Hall–Kier alpha value is -2.08. The maximum atomic E-state index is 10.5. The van der Waals surface area contributed by atoms with Crippen LogP contribution in [0.25, 0.3) is 11.0 Å². The fraction of sp³-hybridized carbons (Fsp3) is 0.100. The highest BCUT2D eigenvalue weighted by molar-refractivity contribution is 6.37. The van der Waals surface area contributed by atoms with Crippen molar-refractivity contribution in [2.45, 2.75) is 0 Å². The molecule has 2 aromatic rings. The Labute approximate surface area is 101 Å². The molecule has 1 amide bonds. The molecule has 0 saturated carbocycles. The van der Waals surface area contributed by atoms with Crippen molar-refractivity contribution in [3.63, 3.8) is 0 Å². The minimum Gasteiger partial charge on any atom is -0.481 e. The van der Waals surface area contributed by atoms with Gasteiger partial charge in [-0.25, -0.2) is 9.78 Å². The molecule has 2 rings (SSSR count). The Morgan fingerprint density at radius 1 is 1.53 bits per heavy atom. The largest absolute Gasteiger partial charge is 0.481 e. The normalized spacial score (nSPS) is 10.2. The predicted molar refractivity (Wildman–Crippen MR) is 62.7 cm³/mol. The molecule has 88 valence electrons. The van der Waals surface area contributed by atoms with Crippen molar-refractivity contribution in [1.82, 2.24) is 9.97 Å². The number of fused-ring (bicyclic) bond motifs is 1. The zero-order chi connectivity index (χ0) is 12.4. The van der Waals surface area contributed by atoms with Crippen LogP contribution in [-0.4, -0.2) is 28.3 Å². The number of hydrogen-bond donors (Lipinski definition) is 2. The lowest BCUT2D eigenvalue weighted by atomic mass is 10.3. The minimum absolute atomic E-state index is 0.187. The number of methoxy groups -OCH3 is 1. The van der Waals surface area contributed by atoms with Crippen molar-refractivity contribution < 1.29 is 14.6 Å². The Morgan fingerprint density at radius 3 is 2.94 bits per heavy atom. The van der Waals surface area contributed by atoms with Gasteiger partial charge in [-0.2, -0.15) is 0 Å². The number of pyridine rings is 2. The van der Waals surface area contributed by atoms with Crippen LogP contribution in [0.1, 0.15) is 0 Å². The van der Waals surface area contributed by atoms with Crippen molar-refractivity contribution >= 4 is 34.4 Å². The summed E-state index contributed by atoms with van der Waals surface area (Å²) in [6.45, 7) is 0. The molecule has 2 aromatic heterocycles. The molecule has 0 aliphatic rings. The van der Waals surface area contributed by atoms with Crippen LogP contribution >= 0.6 is 11.6 Å². The number of halogens is 1. The van der Waals surface area contributed by atoms with Crippen LogP contribution in [0.5, 0.6) is 5.88 Å². The van der Waals surface area contributed by atoms with Gasteiger partial charge >= 0.3 is 6.09 Å². The van der Waals surface area contributed by atoms with Crippen LogP contribution in [0.4, 0.5) is 10.5 Å². The number of hydrogen-bond acceptors (Lipinski definition) is 4. The molecule has 0 atom stereocenters. The van der Waals surface area contributed by atoms with E-state index in [1.165, 1.54) is 13.3 Å². The molecule has 17 heavy (non-hydrogen) atoms. The van der Waals surface area contributed by atoms with E-state index in [2.05, 4.69) is 15.3 Å². The third kappa shape index (κ3) is 2.21. The number of aromatic nitrogens is 2. The van der Waals surface area contributed by atoms with Gasteiger partial charge in [0, 0.05) is 6.07 Å². The molecule has 7 heteroatoms. The van der Waals surface area contributed by atoms with Gasteiger partial charge in [-0.1, -0.05) is 11.6 Å². The van der Waals surface area contributed by atoms with Crippen molar-refractivity contribution in [3.05, 3.63) is 23.4 Å². The summed E-state index contributed by atoms with van der Waals surface area (Å²) < 4.78 is 4.96. The quantitative estimate of drug-likeness (QED) is 0.858. The predicted octanol–water partition coefficient (Wildman–Crippen LogP) is 2.38. The van der Waals surface area contributed by atoms with E-state index >= 15 is 0 Å². The van der Waals surface area contributed by atoms with Crippen molar-refractivity contribution in [1.29, 1.82) is 0 Å². The Kier molecular flexibility index (Phi) is 2.97. The summed E-state index contributed by atoms with van der Waals surface area (Å²) in [6.07, 6.45) is 0.128. The van der Waals surface area contributed by atoms with Gasteiger partial charge in [0.05, 0.1) is 29.5 Å². The van der Waals surface area contributed by atoms with Crippen LogP contribution in [0.3, 0.4) is 0 Å². The molecular weight excluding hydrogens is 246 g/mol. The number of rotatable bonds is 2. The van der Waals surface area contributed by atoms with E-state index in [9.17, 15) is 4.79 Å². The highest BCUT2D eigenvalue weighted by Gasteiger charge is 2.10. The van der Waals surface area contributed by atoms with Crippen LogP contribution in [0.15, 0.2) is 18.3 Å². The molecule has 0 aliphatic carbocycles. The summed E-state index contributed by atoms with van der Waals surface area (Å²) in [7, 11) is 1.48. The summed E-state index contributed by atoms with van der Waals surface area (Å²) in [6, 6.07) is 3.34. The van der Waals surface area contributed by atoms with E-state index < -0.39 is 6.09 Å². The molecule has 6 nitrogen and oxygen atoms in total. The van der Waals surface area contributed by atoms with Gasteiger partial charge in [-0.05, 0) is 6.07 Å². The molecule has 0 radical (unpaired) electrons. The van der Waals surface area contributed by atoms with Gasteiger partial charge in [-0.15, -0.1) is 0 Å². The number of nitrogens with one attached hydrogen (secondary N) is 1. The van der Waals surface area contributed by atoms with Gasteiger partial charge < -0.3 is 9.84 Å². The fourth-order valence-corrected chi connectivity index (χ4v) is 1.57. The highest BCUT2D eigenvalue weighted by atomic mass is 35.5. The van der Waals surface area contributed by atoms with Gasteiger partial charge in [-0.3, -0.25) is 10.3 Å². The topological polar surface area (TPSA) is 84.3 Å². The van der Waals surface area contributed by atoms with E-state index in [1.807, 2.05) is 0 Å². The third-order valence-electron chi connectivity index (χ3n) is 2.08. The van der Waals surface area contributed by atoms with E-state index in [-0.39, 0.29) is 10.7 Å². The number of ether oxygens (including phenoxy) is 1. The molecule has 0 spiro atoms. The molecule has 0 aliphatic heterocycles. The fourth-order valence-electron chi connectivity index (χ4n) is 1.33. The van der Waals surface area contributed by atoms with Crippen LogP contribution in [0.2, 0.25) is 5.02 Å². The zero-order valence-corrected chi connectivity index (χ0v) is 9.52. The van der Waals surface area contributed by atoms with Gasteiger partial charge in [0.15, 0.2) is 0 Å². The smallest absolute Gasteiger partial charge is 0.409 e.